The van der Waals surface area contributed by atoms with Crippen molar-refractivity contribution < 1.29 is 23.7 Å². The van der Waals surface area contributed by atoms with Gasteiger partial charge in [0.25, 0.3) is 0 Å². The van der Waals surface area contributed by atoms with Crippen LogP contribution in [0.4, 0.5) is 0 Å². The number of hydrogen-bond donors (Lipinski definition) is 0. The summed E-state index contributed by atoms with van der Waals surface area (Å²) in [5.41, 5.74) is 1.34. The molecule has 2 heterocycles. The number of allylic oxidation sites excluding steroid dienone is 1. The van der Waals surface area contributed by atoms with Crippen LogP contribution in [-0.2, 0) is 0 Å². The maximum Gasteiger partial charge on any atom is 0.231 e. The van der Waals surface area contributed by atoms with Crippen molar-refractivity contribution in [1.82, 2.24) is 4.90 Å². The second kappa shape index (κ2) is 9.88. The molecule has 1 fully saturated rings. The Balaban J connectivity index is 1.38. The smallest absolute Gasteiger partial charge is 0.231 e. The lowest BCUT2D eigenvalue weighted by molar-refractivity contribution is 0.101. The fourth-order valence-corrected chi connectivity index (χ4v) is 4.01. The first-order valence-electron chi connectivity index (χ1n) is 10.8. The summed E-state index contributed by atoms with van der Waals surface area (Å²) >= 11 is 0. The van der Waals surface area contributed by atoms with Gasteiger partial charge in [-0.15, -0.1) is 0 Å². The highest BCUT2D eigenvalue weighted by Crippen LogP contribution is 2.36. The third-order valence-corrected chi connectivity index (χ3v) is 5.68. The number of fused-ring (bicyclic) bond motifs is 1. The Morgan fingerprint density at radius 2 is 1.81 bits per heavy atom. The van der Waals surface area contributed by atoms with Gasteiger partial charge in [-0.1, -0.05) is 12.5 Å². The number of hydrogen-bond acceptors (Lipinski definition) is 6. The van der Waals surface area contributed by atoms with E-state index in [0.29, 0.717) is 29.4 Å². The van der Waals surface area contributed by atoms with Gasteiger partial charge in [-0.3, -0.25) is 4.79 Å². The van der Waals surface area contributed by atoms with Crippen LogP contribution in [0, 0.1) is 0 Å². The number of ether oxygens (including phenoxy) is 4. The van der Waals surface area contributed by atoms with Crippen molar-refractivity contribution in [1.29, 1.82) is 0 Å². The highest BCUT2D eigenvalue weighted by atomic mass is 16.5. The average molecular weight is 424 g/mol. The summed E-state index contributed by atoms with van der Waals surface area (Å²) in [6.45, 7) is 4.11. The summed E-state index contributed by atoms with van der Waals surface area (Å²) in [5.74, 6) is 2.63. The first-order chi connectivity index (χ1) is 15.2. The molecule has 4 rings (SSSR count). The Bertz CT molecular complexity index is 962. The Labute approximate surface area is 183 Å². The number of piperidine rings is 1. The lowest BCUT2D eigenvalue weighted by Crippen LogP contribution is -2.31. The molecule has 0 radical (unpaired) electrons. The Kier molecular flexibility index (Phi) is 6.77. The van der Waals surface area contributed by atoms with E-state index in [2.05, 4.69) is 4.90 Å². The van der Waals surface area contributed by atoms with E-state index < -0.39 is 0 Å². The molecule has 0 bridgehead atoms. The predicted molar refractivity (Wildman–Crippen MR) is 119 cm³/mol. The van der Waals surface area contributed by atoms with Crippen molar-refractivity contribution in [2.75, 3.05) is 40.5 Å². The van der Waals surface area contributed by atoms with Crippen molar-refractivity contribution in [3.8, 4) is 23.0 Å². The number of rotatable bonds is 8. The molecule has 31 heavy (non-hydrogen) atoms. The number of carbonyl (C=O) groups is 1. The van der Waals surface area contributed by atoms with Gasteiger partial charge in [0, 0.05) is 12.6 Å². The molecule has 6 nitrogen and oxygen atoms in total. The highest BCUT2D eigenvalue weighted by Gasteiger charge is 2.27. The van der Waals surface area contributed by atoms with Gasteiger partial charge in [0.1, 0.15) is 11.5 Å². The molecule has 6 heteroatoms. The molecule has 2 aromatic rings. The standard InChI is InChI=1S/C25H29NO5/c1-28-21-10-7-18(15-23(21)29-2)16-24-25(27)20-9-8-19(17-22(20)31-24)30-14-6-13-26-11-4-3-5-12-26/h7-10,15-17H,3-6,11-14H2,1-2H3/b24-16-. The monoisotopic (exact) mass is 423 g/mol. The number of methoxy groups -OCH3 is 2. The molecule has 164 valence electrons. The fraction of sp³-hybridized carbons (Fsp3) is 0.400. The Morgan fingerprint density at radius 1 is 1.00 bits per heavy atom. The van der Waals surface area contributed by atoms with E-state index in [9.17, 15) is 4.79 Å². The van der Waals surface area contributed by atoms with Gasteiger partial charge in [-0.25, -0.2) is 0 Å². The third-order valence-electron chi connectivity index (χ3n) is 5.68. The van der Waals surface area contributed by atoms with Crippen LogP contribution in [-0.4, -0.2) is 51.1 Å². The minimum absolute atomic E-state index is 0.138. The van der Waals surface area contributed by atoms with Gasteiger partial charge in [-0.2, -0.15) is 0 Å². The quantitative estimate of drug-likeness (QED) is 0.458. The second-order valence-corrected chi connectivity index (χ2v) is 7.82. The van der Waals surface area contributed by atoms with Crippen molar-refractivity contribution in [3.05, 3.63) is 53.3 Å². The van der Waals surface area contributed by atoms with Gasteiger partial charge < -0.3 is 23.8 Å². The van der Waals surface area contributed by atoms with Crippen molar-refractivity contribution >= 4 is 11.9 Å². The topological polar surface area (TPSA) is 57.2 Å². The highest BCUT2D eigenvalue weighted by molar-refractivity contribution is 6.14. The summed E-state index contributed by atoms with van der Waals surface area (Å²) in [6.07, 6.45) is 6.65. The van der Waals surface area contributed by atoms with Gasteiger partial charge in [-0.05, 0) is 68.3 Å². The zero-order chi connectivity index (χ0) is 21.6. The van der Waals surface area contributed by atoms with Crippen molar-refractivity contribution in [2.45, 2.75) is 25.7 Å². The minimum atomic E-state index is -0.138. The summed E-state index contributed by atoms with van der Waals surface area (Å²) in [6, 6.07) is 10.9. The van der Waals surface area contributed by atoms with Gasteiger partial charge in [0.2, 0.25) is 5.78 Å². The number of likely N-dealkylation sites (tertiary alicyclic amines) is 1. The molecular weight excluding hydrogens is 394 g/mol. The molecule has 0 amide bonds. The lowest BCUT2D eigenvalue weighted by Gasteiger charge is -2.26. The summed E-state index contributed by atoms with van der Waals surface area (Å²) in [5, 5.41) is 0. The number of ketones is 1. The molecule has 2 aromatic carbocycles. The van der Waals surface area contributed by atoms with E-state index in [1.165, 1.54) is 32.4 Å². The molecule has 0 unspecified atom stereocenters. The first kappa shape index (κ1) is 21.2. The van der Waals surface area contributed by atoms with Gasteiger partial charge in [0.05, 0.1) is 26.4 Å². The van der Waals surface area contributed by atoms with E-state index in [-0.39, 0.29) is 11.5 Å². The zero-order valence-electron chi connectivity index (χ0n) is 18.2. The molecule has 0 spiro atoms. The van der Waals surface area contributed by atoms with E-state index in [1.54, 1.807) is 38.5 Å². The zero-order valence-corrected chi connectivity index (χ0v) is 18.2. The van der Waals surface area contributed by atoms with Crippen LogP contribution in [0.25, 0.3) is 6.08 Å². The van der Waals surface area contributed by atoms with Crippen molar-refractivity contribution in [3.63, 3.8) is 0 Å². The number of carbonyl (C=O) groups excluding carboxylic acids is 1. The SMILES string of the molecule is COc1ccc(/C=C2\Oc3cc(OCCCN4CCCCC4)ccc3C2=O)cc1OC. The molecule has 0 saturated carbocycles. The summed E-state index contributed by atoms with van der Waals surface area (Å²) in [4.78, 5) is 15.2. The van der Waals surface area contributed by atoms with E-state index in [4.69, 9.17) is 18.9 Å². The maximum absolute atomic E-state index is 12.7. The number of nitrogens with zero attached hydrogens (tertiary/aromatic N) is 1. The Hall–Kier alpha value is -2.99. The molecule has 2 aliphatic heterocycles. The predicted octanol–water partition coefficient (Wildman–Crippen LogP) is 4.57. The molecule has 0 atom stereocenters. The van der Waals surface area contributed by atoms with Crippen LogP contribution < -0.4 is 18.9 Å². The van der Waals surface area contributed by atoms with Gasteiger partial charge >= 0.3 is 0 Å². The first-order valence-corrected chi connectivity index (χ1v) is 10.8. The molecule has 0 N–H and O–H groups in total. The molecule has 0 aromatic heterocycles. The molecule has 1 saturated heterocycles. The van der Waals surface area contributed by atoms with Crippen LogP contribution in [0.3, 0.4) is 0 Å². The fourth-order valence-electron chi connectivity index (χ4n) is 4.01. The molecular formula is C25H29NO5. The van der Waals surface area contributed by atoms with Crippen molar-refractivity contribution in [2.24, 2.45) is 0 Å². The van der Waals surface area contributed by atoms with E-state index in [1.807, 2.05) is 18.2 Å². The largest absolute Gasteiger partial charge is 0.493 e. The maximum atomic E-state index is 12.7. The van der Waals surface area contributed by atoms with Gasteiger partial charge in [0.15, 0.2) is 17.3 Å². The van der Waals surface area contributed by atoms with Crippen LogP contribution in [0.2, 0.25) is 0 Å². The second-order valence-electron chi connectivity index (χ2n) is 7.82. The van der Waals surface area contributed by atoms with Crippen LogP contribution >= 0.6 is 0 Å². The van der Waals surface area contributed by atoms with Crippen LogP contribution in [0.15, 0.2) is 42.2 Å². The van der Waals surface area contributed by atoms with Crippen LogP contribution in [0.5, 0.6) is 23.0 Å². The number of benzene rings is 2. The third kappa shape index (κ3) is 5.02. The average Bonchev–Trinajstić information content (AvgIpc) is 3.11. The summed E-state index contributed by atoms with van der Waals surface area (Å²) in [7, 11) is 3.17. The summed E-state index contributed by atoms with van der Waals surface area (Å²) < 4.78 is 22.3. The number of Topliss-reactive ketones (excluding diaryl/α,β-unsaturated/α-hetero) is 1. The normalized spacial score (nSPS) is 17.4. The van der Waals surface area contributed by atoms with Crippen LogP contribution in [0.1, 0.15) is 41.6 Å². The minimum Gasteiger partial charge on any atom is -0.493 e. The lowest BCUT2D eigenvalue weighted by atomic mass is 10.1. The molecule has 0 aliphatic carbocycles. The van der Waals surface area contributed by atoms with E-state index in [0.717, 1.165) is 24.3 Å². The van der Waals surface area contributed by atoms with E-state index >= 15 is 0 Å². The Morgan fingerprint density at radius 3 is 2.58 bits per heavy atom. The molecule has 2 aliphatic rings.